The maximum atomic E-state index is 9.95. The largest absolute Gasteiger partial charge is 0.390 e. The van der Waals surface area contributed by atoms with E-state index < -0.39 is 12.2 Å². The third-order valence-corrected chi connectivity index (χ3v) is 7.49. The van der Waals surface area contributed by atoms with Crippen molar-refractivity contribution in [1.82, 2.24) is 5.32 Å². The van der Waals surface area contributed by atoms with E-state index in [0.29, 0.717) is 23.9 Å². The fourth-order valence-corrected chi connectivity index (χ4v) is 5.65. The van der Waals surface area contributed by atoms with Crippen molar-refractivity contribution >= 4 is 15.9 Å². The zero-order valence-electron chi connectivity index (χ0n) is 14.3. The second-order valence-electron chi connectivity index (χ2n) is 8.48. The van der Waals surface area contributed by atoms with Gasteiger partial charge in [0.25, 0.3) is 0 Å². The molecule has 1 aromatic rings. The van der Waals surface area contributed by atoms with Crippen LogP contribution in [0.4, 0.5) is 0 Å². The maximum Gasteiger partial charge on any atom is 0.0831 e. The van der Waals surface area contributed by atoms with Crippen molar-refractivity contribution in [3.05, 3.63) is 34.3 Å². The molecule has 4 rings (SSSR count). The van der Waals surface area contributed by atoms with E-state index >= 15 is 0 Å². The summed E-state index contributed by atoms with van der Waals surface area (Å²) < 4.78 is 1.17. The van der Waals surface area contributed by atoms with Gasteiger partial charge in [-0.1, -0.05) is 35.0 Å². The number of rotatable bonds is 3. The number of hydrogen-bond acceptors (Lipinski definition) is 3. The molecule has 0 aliphatic heterocycles. The highest BCUT2D eigenvalue weighted by Gasteiger charge is 2.53. The molecule has 0 spiro atoms. The third kappa shape index (κ3) is 2.96. The standard InChI is InChI=1S/C20H28BrNO2/c1-20(12-3-2-4-13(21)9-12)7-5-14(6-8-20)22-17-10-16-15(17)11-18(23)19(16)24/h2-4,9,14-19,22-24H,5-8,10-11H2,1H3/t14?,15-,16-,17+,18-,19+,20?/m0/s1. The number of benzene rings is 1. The van der Waals surface area contributed by atoms with Gasteiger partial charge in [-0.05, 0) is 73.5 Å². The van der Waals surface area contributed by atoms with Crippen LogP contribution < -0.4 is 5.32 Å². The first-order valence-electron chi connectivity index (χ1n) is 9.34. The molecule has 0 aromatic heterocycles. The van der Waals surface area contributed by atoms with Gasteiger partial charge < -0.3 is 15.5 Å². The minimum atomic E-state index is -0.502. The van der Waals surface area contributed by atoms with E-state index in [4.69, 9.17) is 0 Å². The minimum absolute atomic E-state index is 0.282. The second kappa shape index (κ2) is 6.39. The summed E-state index contributed by atoms with van der Waals surface area (Å²) in [5.74, 6) is 0.807. The molecule has 3 nitrogen and oxygen atoms in total. The predicted octanol–water partition coefficient (Wildman–Crippen LogP) is 3.37. The van der Waals surface area contributed by atoms with Crippen molar-refractivity contribution in [3.8, 4) is 0 Å². The van der Waals surface area contributed by atoms with Gasteiger partial charge in [0.05, 0.1) is 12.2 Å². The van der Waals surface area contributed by atoms with Crippen LogP contribution in [0.3, 0.4) is 0 Å². The summed E-state index contributed by atoms with van der Waals surface area (Å²) in [5.41, 5.74) is 1.73. The number of hydrogen-bond donors (Lipinski definition) is 3. The SMILES string of the molecule is CC1(c2cccc(Br)c2)CCC(N[C@@H]2C[C@@H]3[C@@H](O)[C@@H](O)C[C@@H]32)CC1. The number of halogens is 1. The van der Waals surface area contributed by atoms with Gasteiger partial charge in [-0.3, -0.25) is 0 Å². The Bertz CT molecular complexity index is 599. The molecule has 3 N–H and O–H groups in total. The summed E-state index contributed by atoms with van der Waals surface area (Å²) in [6.07, 6.45) is 5.66. The molecule has 0 saturated heterocycles. The molecule has 5 atom stereocenters. The van der Waals surface area contributed by atoms with E-state index in [1.807, 2.05) is 0 Å². The number of fused-ring (bicyclic) bond motifs is 1. The summed E-state index contributed by atoms with van der Waals surface area (Å²) in [6.45, 7) is 2.40. The van der Waals surface area contributed by atoms with Crippen molar-refractivity contribution in [1.29, 1.82) is 0 Å². The molecule has 0 amide bonds. The normalized spacial score (nSPS) is 44.8. The van der Waals surface area contributed by atoms with Gasteiger partial charge in [0, 0.05) is 16.6 Å². The van der Waals surface area contributed by atoms with Crippen LogP contribution in [0.25, 0.3) is 0 Å². The first-order valence-corrected chi connectivity index (χ1v) is 10.1. The lowest BCUT2D eigenvalue weighted by Crippen LogP contribution is -2.54. The van der Waals surface area contributed by atoms with E-state index in [0.717, 1.165) is 12.8 Å². The zero-order chi connectivity index (χ0) is 16.9. The molecular formula is C20H28BrNO2. The van der Waals surface area contributed by atoms with E-state index in [9.17, 15) is 10.2 Å². The summed E-state index contributed by atoms with van der Waals surface area (Å²) in [4.78, 5) is 0. The average Bonchev–Trinajstić information content (AvgIpc) is 2.78. The summed E-state index contributed by atoms with van der Waals surface area (Å²) >= 11 is 3.60. The molecule has 0 radical (unpaired) electrons. The highest BCUT2D eigenvalue weighted by molar-refractivity contribution is 9.10. The summed E-state index contributed by atoms with van der Waals surface area (Å²) in [7, 11) is 0. The average molecular weight is 394 g/mol. The molecule has 4 heteroatoms. The van der Waals surface area contributed by atoms with Crippen molar-refractivity contribution in [2.45, 2.75) is 75.2 Å². The minimum Gasteiger partial charge on any atom is -0.390 e. The summed E-state index contributed by atoms with van der Waals surface area (Å²) in [5, 5.41) is 23.6. The number of aliphatic hydroxyl groups excluding tert-OH is 2. The Kier molecular flexibility index (Phi) is 4.53. The van der Waals surface area contributed by atoms with Crippen LogP contribution >= 0.6 is 15.9 Å². The molecule has 0 bridgehead atoms. The van der Waals surface area contributed by atoms with E-state index in [2.05, 4.69) is 52.4 Å². The van der Waals surface area contributed by atoms with Gasteiger partial charge in [0.2, 0.25) is 0 Å². The quantitative estimate of drug-likeness (QED) is 0.737. The van der Waals surface area contributed by atoms with Gasteiger partial charge >= 0.3 is 0 Å². The molecule has 3 aliphatic rings. The Morgan fingerprint density at radius 1 is 1.12 bits per heavy atom. The first kappa shape index (κ1) is 17.0. The van der Waals surface area contributed by atoms with Crippen LogP contribution in [0.5, 0.6) is 0 Å². The molecule has 0 heterocycles. The molecule has 3 saturated carbocycles. The van der Waals surface area contributed by atoms with Crippen molar-refractivity contribution in [2.75, 3.05) is 0 Å². The van der Waals surface area contributed by atoms with Crippen molar-refractivity contribution < 1.29 is 10.2 Å². The molecule has 24 heavy (non-hydrogen) atoms. The fourth-order valence-electron chi connectivity index (χ4n) is 5.25. The summed E-state index contributed by atoms with van der Waals surface area (Å²) in [6, 6.07) is 9.85. The van der Waals surface area contributed by atoms with Crippen LogP contribution in [-0.4, -0.2) is 34.5 Å². The molecular weight excluding hydrogens is 366 g/mol. The van der Waals surface area contributed by atoms with E-state index in [1.165, 1.54) is 35.7 Å². The Balaban J connectivity index is 1.32. The van der Waals surface area contributed by atoms with Crippen molar-refractivity contribution in [3.63, 3.8) is 0 Å². The Morgan fingerprint density at radius 3 is 2.54 bits per heavy atom. The van der Waals surface area contributed by atoms with Crippen LogP contribution in [0.2, 0.25) is 0 Å². The molecule has 3 fully saturated rings. The highest BCUT2D eigenvalue weighted by Crippen LogP contribution is 2.48. The van der Waals surface area contributed by atoms with Gasteiger partial charge in [-0.2, -0.15) is 0 Å². The van der Waals surface area contributed by atoms with Gasteiger partial charge in [0.15, 0.2) is 0 Å². The molecule has 3 aliphatic carbocycles. The van der Waals surface area contributed by atoms with Gasteiger partial charge in [-0.25, -0.2) is 0 Å². The first-order chi connectivity index (χ1) is 11.5. The lowest BCUT2D eigenvalue weighted by atomic mass is 9.67. The van der Waals surface area contributed by atoms with E-state index in [1.54, 1.807) is 0 Å². The van der Waals surface area contributed by atoms with Gasteiger partial charge in [-0.15, -0.1) is 0 Å². The maximum absolute atomic E-state index is 9.95. The third-order valence-electron chi connectivity index (χ3n) is 7.00. The number of aliphatic hydroxyl groups is 2. The smallest absolute Gasteiger partial charge is 0.0831 e. The number of nitrogens with one attached hydrogen (secondary N) is 1. The predicted molar refractivity (Wildman–Crippen MR) is 98.9 cm³/mol. The molecule has 0 unspecified atom stereocenters. The Labute approximate surface area is 153 Å². The lowest BCUT2D eigenvalue weighted by Gasteiger charge is -2.46. The topological polar surface area (TPSA) is 52.5 Å². The highest BCUT2D eigenvalue weighted by atomic mass is 79.9. The second-order valence-corrected chi connectivity index (χ2v) is 9.39. The Hall–Kier alpha value is -0.420. The van der Waals surface area contributed by atoms with Gasteiger partial charge in [0.1, 0.15) is 0 Å². The molecule has 132 valence electrons. The van der Waals surface area contributed by atoms with Crippen molar-refractivity contribution in [2.24, 2.45) is 11.8 Å². The van der Waals surface area contributed by atoms with Crippen LogP contribution in [0, 0.1) is 11.8 Å². The van der Waals surface area contributed by atoms with Crippen LogP contribution in [0.15, 0.2) is 28.7 Å². The van der Waals surface area contributed by atoms with Crippen LogP contribution in [-0.2, 0) is 5.41 Å². The molecule has 1 aromatic carbocycles. The Morgan fingerprint density at radius 2 is 1.88 bits per heavy atom. The van der Waals surface area contributed by atoms with E-state index in [-0.39, 0.29) is 5.41 Å². The monoisotopic (exact) mass is 393 g/mol. The van der Waals surface area contributed by atoms with Crippen LogP contribution in [0.1, 0.15) is 51.0 Å². The fraction of sp³-hybridized carbons (Fsp3) is 0.700. The lowest BCUT2D eigenvalue weighted by molar-refractivity contribution is -0.00783. The zero-order valence-corrected chi connectivity index (χ0v) is 15.9.